The fraction of sp³-hybridized carbons (Fsp3) is 0.400. The topological polar surface area (TPSA) is 86.0 Å². The molecule has 1 aliphatic rings. The van der Waals surface area contributed by atoms with Crippen LogP contribution in [0.5, 0.6) is 0 Å². The van der Waals surface area contributed by atoms with Crippen molar-refractivity contribution in [2.24, 2.45) is 0 Å². The summed E-state index contributed by atoms with van der Waals surface area (Å²) in [5.41, 5.74) is 1.69. The SMILES string of the molecule is C[C@@H](CN(Cc1ccccc1C(F)(F)F)C(=S)NC1CCCC1)NC(=O)Cc1cncn1Cc1ccc(C#N)cc1. The number of carbonyl (C=O) groups excluding carboxylic acids is 1. The minimum Gasteiger partial charge on any atom is -0.360 e. The van der Waals surface area contributed by atoms with Gasteiger partial charge in [-0.2, -0.15) is 18.4 Å². The number of rotatable bonds is 10. The molecule has 0 radical (unpaired) electrons. The van der Waals surface area contributed by atoms with Crippen LogP contribution in [0.4, 0.5) is 13.2 Å². The minimum absolute atomic E-state index is 0.0359. The maximum Gasteiger partial charge on any atom is 0.416 e. The van der Waals surface area contributed by atoms with Gasteiger partial charge in [-0.05, 0) is 61.3 Å². The van der Waals surface area contributed by atoms with Gasteiger partial charge in [0, 0.05) is 43.6 Å². The van der Waals surface area contributed by atoms with Crippen molar-refractivity contribution in [2.45, 2.75) is 70.4 Å². The van der Waals surface area contributed by atoms with Crippen LogP contribution < -0.4 is 10.6 Å². The maximum atomic E-state index is 13.7. The number of carbonyl (C=O) groups is 1. The Morgan fingerprint density at radius 3 is 2.59 bits per heavy atom. The van der Waals surface area contributed by atoms with Crippen LogP contribution in [-0.4, -0.2) is 44.1 Å². The lowest BCUT2D eigenvalue weighted by Crippen LogP contribution is -2.49. The molecule has 0 bridgehead atoms. The molecule has 2 N–H and O–H groups in total. The van der Waals surface area contributed by atoms with E-state index in [1.54, 1.807) is 35.6 Å². The summed E-state index contributed by atoms with van der Waals surface area (Å²) in [5.74, 6) is -0.232. The number of nitriles is 1. The van der Waals surface area contributed by atoms with E-state index in [-0.39, 0.29) is 37.0 Å². The van der Waals surface area contributed by atoms with Gasteiger partial charge < -0.3 is 20.1 Å². The van der Waals surface area contributed by atoms with E-state index in [4.69, 9.17) is 17.5 Å². The van der Waals surface area contributed by atoms with Crippen LogP contribution in [0.3, 0.4) is 0 Å². The Kier molecular flexibility index (Phi) is 10.00. The highest BCUT2D eigenvalue weighted by Gasteiger charge is 2.33. The van der Waals surface area contributed by atoms with Crippen LogP contribution in [0.25, 0.3) is 0 Å². The number of thiocarbonyl (C=S) groups is 1. The van der Waals surface area contributed by atoms with E-state index in [1.807, 2.05) is 23.6 Å². The van der Waals surface area contributed by atoms with Crippen molar-refractivity contribution >= 4 is 23.2 Å². The summed E-state index contributed by atoms with van der Waals surface area (Å²) in [7, 11) is 0. The number of amides is 1. The molecule has 0 unspecified atom stereocenters. The van der Waals surface area contributed by atoms with Gasteiger partial charge in [-0.3, -0.25) is 4.79 Å². The predicted octanol–water partition coefficient (Wildman–Crippen LogP) is 5.19. The number of imidazole rings is 1. The Balaban J connectivity index is 1.41. The molecule has 7 nitrogen and oxygen atoms in total. The van der Waals surface area contributed by atoms with Crippen molar-refractivity contribution in [2.75, 3.05) is 6.54 Å². The average Bonchev–Trinajstić information content (AvgIpc) is 3.60. The standard InChI is InChI=1S/C30H33F3N6OS/c1-21(36-28(40)14-26-16-35-20-39(26)18-23-12-10-22(15-34)11-13-23)17-38(29(41)37-25-7-3-4-8-25)19-24-6-2-5-9-27(24)30(31,32)33/h2,5-6,9-13,16,20-21,25H,3-4,7-8,14,17-19H2,1H3,(H,36,40)(H,37,41)/t21-/m0/s1. The molecular weight excluding hydrogens is 549 g/mol. The van der Waals surface area contributed by atoms with Gasteiger partial charge in [0.25, 0.3) is 0 Å². The third-order valence-electron chi connectivity index (χ3n) is 7.13. The van der Waals surface area contributed by atoms with Crippen molar-refractivity contribution in [1.29, 1.82) is 5.26 Å². The molecule has 41 heavy (non-hydrogen) atoms. The number of nitrogens with zero attached hydrogens (tertiary/aromatic N) is 4. The fourth-order valence-corrected chi connectivity index (χ4v) is 5.39. The summed E-state index contributed by atoms with van der Waals surface area (Å²) in [6.07, 6.45) is 3.00. The Morgan fingerprint density at radius 1 is 1.20 bits per heavy atom. The highest BCUT2D eigenvalue weighted by Crippen LogP contribution is 2.32. The number of aromatic nitrogens is 2. The second-order valence-electron chi connectivity index (χ2n) is 10.4. The summed E-state index contributed by atoms with van der Waals surface area (Å²) in [5, 5.41) is 15.7. The molecule has 216 valence electrons. The molecule has 1 saturated carbocycles. The molecule has 1 heterocycles. The first-order valence-corrected chi connectivity index (χ1v) is 14.0. The van der Waals surface area contributed by atoms with Gasteiger partial charge in [0.1, 0.15) is 0 Å². The number of halogens is 3. The second kappa shape index (κ2) is 13.6. The van der Waals surface area contributed by atoms with E-state index in [0.29, 0.717) is 22.9 Å². The van der Waals surface area contributed by atoms with Gasteiger partial charge in [0.05, 0.1) is 29.9 Å². The van der Waals surface area contributed by atoms with Crippen molar-refractivity contribution in [1.82, 2.24) is 25.1 Å². The van der Waals surface area contributed by atoms with Gasteiger partial charge in [0.2, 0.25) is 5.91 Å². The Bertz CT molecular complexity index is 1380. The van der Waals surface area contributed by atoms with E-state index >= 15 is 0 Å². The molecule has 11 heteroatoms. The van der Waals surface area contributed by atoms with Crippen molar-refractivity contribution in [3.8, 4) is 6.07 Å². The highest BCUT2D eigenvalue weighted by atomic mass is 32.1. The molecule has 0 aliphatic heterocycles. The Morgan fingerprint density at radius 2 is 1.90 bits per heavy atom. The van der Waals surface area contributed by atoms with Crippen LogP contribution in [0.1, 0.15) is 60.6 Å². The van der Waals surface area contributed by atoms with Crippen molar-refractivity contribution < 1.29 is 18.0 Å². The average molecular weight is 583 g/mol. The zero-order valence-corrected chi connectivity index (χ0v) is 23.6. The molecule has 1 atom stereocenters. The third kappa shape index (κ3) is 8.54. The molecule has 0 saturated heterocycles. The third-order valence-corrected chi connectivity index (χ3v) is 7.51. The van der Waals surface area contributed by atoms with Gasteiger partial charge in [-0.15, -0.1) is 0 Å². The lowest BCUT2D eigenvalue weighted by Gasteiger charge is -2.31. The van der Waals surface area contributed by atoms with Crippen molar-refractivity contribution in [3.63, 3.8) is 0 Å². The first kappa shape index (κ1) is 30.1. The molecule has 2 aromatic carbocycles. The number of hydrogen-bond donors (Lipinski definition) is 2. The van der Waals surface area contributed by atoms with E-state index in [2.05, 4.69) is 21.7 Å². The largest absolute Gasteiger partial charge is 0.416 e. The maximum absolute atomic E-state index is 13.7. The molecule has 1 fully saturated rings. The normalized spacial score (nSPS) is 14.3. The summed E-state index contributed by atoms with van der Waals surface area (Å²) >= 11 is 5.66. The number of hydrogen-bond acceptors (Lipinski definition) is 4. The quantitative estimate of drug-likeness (QED) is 0.320. The first-order chi connectivity index (χ1) is 19.6. The summed E-state index contributed by atoms with van der Waals surface area (Å²) in [4.78, 5) is 18.9. The Hall–Kier alpha value is -3.91. The summed E-state index contributed by atoms with van der Waals surface area (Å²) < 4.78 is 43.0. The van der Waals surface area contributed by atoms with Gasteiger partial charge in [-0.25, -0.2) is 4.98 Å². The van der Waals surface area contributed by atoms with E-state index in [9.17, 15) is 18.0 Å². The van der Waals surface area contributed by atoms with Crippen LogP contribution in [0.2, 0.25) is 0 Å². The monoisotopic (exact) mass is 582 g/mol. The molecule has 0 spiro atoms. The van der Waals surface area contributed by atoms with Gasteiger partial charge in [-0.1, -0.05) is 43.2 Å². The van der Waals surface area contributed by atoms with Crippen molar-refractivity contribution in [3.05, 3.63) is 89.0 Å². The van der Waals surface area contributed by atoms with Crippen LogP contribution in [-0.2, 0) is 30.5 Å². The molecular formula is C30H33F3N6OS. The molecule has 3 aromatic rings. The molecule has 4 rings (SSSR count). The zero-order valence-electron chi connectivity index (χ0n) is 22.8. The predicted molar refractivity (Wildman–Crippen MR) is 154 cm³/mol. The molecule has 1 aliphatic carbocycles. The van der Waals surface area contributed by atoms with Crippen LogP contribution in [0.15, 0.2) is 61.1 Å². The van der Waals surface area contributed by atoms with E-state index in [1.165, 1.54) is 12.1 Å². The zero-order chi connectivity index (χ0) is 29.4. The smallest absolute Gasteiger partial charge is 0.360 e. The summed E-state index contributed by atoms with van der Waals surface area (Å²) in [6, 6.07) is 14.6. The lowest BCUT2D eigenvalue weighted by atomic mass is 10.1. The minimum atomic E-state index is -4.48. The lowest BCUT2D eigenvalue weighted by molar-refractivity contribution is -0.138. The Labute approximate surface area is 243 Å². The number of benzene rings is 2. The van der Waals surface area contributed by atoms with Crippen LogP contribution >= 0.6 is 12.2 Å². The molecule has 1 amide bonds. The second-order valence-corrected chi connectivity index (χ2v) is 10.8. The summed E-state index contributed by atoms with van der Waals surface area (Å²) in [6.45, 7) is 2.51. The van der Waals surface area contributed by atoms with E-state index in [0.717, 1.165) is 37.3 Å². The highest BCUT2D eigenvalue weighted by molar-refractivity contribution is 7.80. The fourth-order valence-electron chi connectivity index (χ4n) is 5.08. The first-order valence-electron chi connectivity index (χ1n) is 13.6. The number of alkyl halides is 3. The van der Waals surface area contributed by atoms with Gasteiger partial charge in [0.15, 0.2) is 5.11 Å². The van der Waals surface area contributed by atoms with Crippen LogP contribution in [0, 0.1) is 11.3 Å². The number of nitrogens with one attached hydrogen (secondary N) is 2. The van der Waals surface area contributed by atoms with Gasteiger partial charge >= 0.3 is 6.18 Å². The van der Waals surface area contributed by atoms with E-state index < -0.39 is 17.8 Å². The molecule has 1 aromatic heterocycles.